The van der Waals surface area contributed by atoms with Crippen LogP contribution in [0.1, 0.15) is 18.4 Å². The van der Waals surface area contributed by atoms with E-state index >= 15 is 0 Å². The molecular weight excluding hydrogens is 272 g/mol. The van der Waals surface area contributed by atoms with Crippen molar-refractivity contribution in [2.45, 2.75) is 19.3 Å². The van der Waals surface area contributed by atoms with E-state index in [0.29, 0.717) is 18.5 Å². The summed E-state index contributed by atoms with van der Waals surface area (Å²) in [6.45, 7) is 5.05. The first-order chi connectivity index (χ1) is 10.1. The van der Waals surface area contributed by atoms with Crippen LogP contribution in [0.5, 0.6) is 0 Å². The van der Waals surface area contributed by atoms with Gasteiger partial charge in [0.15, 0.2) is 5.96 Å². The summed E-state index contributed by atoms with van der Waals surface area (Å²) in [5.41, 5.74) is 0.368. The van der Waals surface area contributed by atoms with Gasteiger partial charge >= 0.3 is 0 Å². The van der Waals surface area contributed by atoms with E-state index in [1.54, 1.807) is 7.05 Å². The van der Waals surface area contributed by atoms with E-state index in [1.165, 1.54) is 6.07 Å². The lowest BCUT2D eigenvalue weighted by atomic mass is 10.1. The Morgan fingerprint density at radius 2 is 2.19 bits per heavy atom. The average Bonchev–Trinajstić information content (AvgIpc) is 2.47. The van der Waals surface area contributed by atoms with E-state index in [9.17, 15) is 8.78 Å². The highest BCUT2D eigenvalue weighted by Gasteiger charge is 2.07. The zero-order valence-electron chi connectivity index (χ0n) is 12.7. The van der Waals surface area contributed by atoms with Gasteiger partial charge < -0.3 is 10.2 Å². The number of hydrogen-bond acceptors (Lipinski definition) is 1. The second kappa shape index (κ2) is 9.10. The third kappa shape index (κ3) is 5.94. The molecule has 0 radical (unpaired) electrons. The van der Waals surface area contributed by atoms with Crippen LogP contribution in [0.25, 0.3) is 0 Å². The molecule has 0 saturated carbocycles. The molecule has 116 valence electrons. The van der Waals surface area contributed by atoms with E-state index in [2.05, 4.69) is 16.9 Å². The van der Waals surface area contributed by atoms with Gasteiger partial charge in [0.25, 0.3) is 0 Å². The molecule has 21 heavy (non-hydrogen) atoms. The molecule has 0 heterocycles. The van der Waals surface area contributed by atoms with Crippen LogP contribution in [0, 0.1) is 11.6 Å². The fourth-order valence-electron chi connectivity index (χ4n) is 2.01. The minimum absolute atomic E-state index is 0.368. The Bertz CT molecular complexity index is 486. The fraction of sp³-hybridized carbons (Fsp3) is 0.438. The van der Waals surface area contributed by atoms with Crippen LogP contribution in [-0.4, -0.2) is 38.0 Å². The van der Waals surface area contributed by atoms with Crippen molar-refractivity contribution in [3.63, 3.8) is 0 Å². The van der Waals surface area contributed by atoms with E-state index in [0.717, 1.165) is 37.5 Å². The SMILES string of the molecule is C=CCCCN(C)C(=NC)NCCc1cc(F)ccc1F. The fourth-order valence-corrected chi connectivity index (χ4v) is 2.01. The number of unbranched alkanes of at least 4 members (excludes halogenated alkanes) is 1. The molecule has 1 aromatic carbocycles. The van der Waals surface area contributed by atoms with Crippen LogP contribution in [0.15, 0.2) is 35.8 Å². The van der Waals surface area contributed by atoms with Gasteiger partial charge in [0.1, 0.15) is 11.6 Å². The minimum atomic E-state index is -0.419. The zero-order valence-corrected chi connectivity index (χ0v) is 12.7. The summed E-state index contributed by atoms with van der Waals surface area (Å²) in [4.78, 5) is 6.18. The van der Waals surface area contributed by atoms with Gasteiger partial charge in [-0.25, -0.2) is 8.78 Å². The average molecular weight is 295 g/mol. The van der Waals surface area contributed by atoms with E-state index in [4.69, 9.17) is 0 Å². The Morgan fingerprint density at radius 1 is 1.43 bits per heavy atom. The van der Waals surface area contributed by atoms with Gasteiger partial charge in [-0.05, 0) is 43.0 Å². The molecule has 0 bridgehead atoms. The molecule has 0 saturated heterocycles. The third-order valence-corrected chi connectivity index (χ3v) is 3.16. The third-order valence-electron chi connectivity index (χ3n) is 3.16. The van der Waals surface area contributed by atoms with Crippen LogP contribution < -0.4 is 5.32 Å². The molecule has 0 aliphatic heterocycles. The van der Waals surface area contributed by atoms with Crippen molar-refractivity contribution in [1.29, 1.82) is 0 Å². The van der Waals surface area contributed by atoms with Crippen molar-refractivity contribution >= 4 is 5.96 Å². The lowest BCUT2D eigenvalue weighted by Gasteiger charge is -2.21. The zero-order chi connectivity index (χ0) is 15.7. The lowest BCUT2D eigenvalue weighted by molar-refractivity contribution is 0.470. The van der Waals surface area contributed by atoms with Crippen LogP contribution in [0.4, 0.5) is 8.78 Å². The van der Waals surface area contributed by atoms with Crippen LogP contribution in [-0.2, 0) is 6.42 Å². The number of nitrogens with one attached hydrogen (secondary N) is 1. The summed E-state index contributed by atoms with van der Waals surface area (Å²) in [7, 11) is 3.65. The summed E-state index contributed by atoms with van der Waals surface area (Å²) in [5.74, 6) is -0.0549. The number of guanidine groups is 1. The molecule has 1 rings (SSSR count). The van der Waals surface area contributed by atoms with Crippen molar-refractivity contribution in [3.05, 3.63) is 48.1 Å². The molecule has 0 amide bonds. The minimum Gasteiger partial charge on any atom is -0.356 e. The Morgan fingerprint density at radius 3 is 2.86 bits per heavy atom. The standard InChI is InChI=1S/C16H23F2N3/c1-4-5-6-11-21(3)16(19-2)20-10-9-13-12-14(17)7-8-15(13)18/h4,7-8,12H,1,5-6,9-11H2,2-3H3,(H,19,20). The van der Waals surface area contributed by atoms with Crippen LogP contribution >= 0.6 is 0 Å². The molecule has 1 N–H and O–H groups in total. The van der Waals surface area contributed by atoms with Crippen molar-refractivity contribution in [3.8, 4) is 0 Å². The highest BCUT2D eigenvalue weighted by Crippen LogP contribution is 2.09. The summed E-state index contributed by atoms with van der Waals surface area (Å²) in [5, 5.41) is 3.15. The Hall–Kier alpha value is -1.91. The Labute approximate surface area is 125 Å². The molecule has 1 aromatic rings. The molecule has 3 nitrogen and oxygen atoms in total. The first-order valence-electron chi connectivity index (χ1n) is 7.05. The first-order valence-corrected chi connectivity index (χ1v) is 7.05. The number of rotatable bonds is 7. The summed E-state index contributed by atoms with van der Waals surface area (Å²) in [6.07, 6.45) is 4.24. The normalized spacial score (nSPS) is 11.3. The quantitative estimate of drug-likeness (QED) is 0.362. The molecule has 0 aliphatic rings. The molecule has 0 fully saturated rings. The Balaban J connectivity index is 2.45. The van der Waals surface area contributed by atoms with Gasteiger partial charge in [0, 0.05) is 27.2 Å². The first kappa shape index (κ1) is 17.1. The second-order valence-electron chi connectivity index (χ2n) is 4.81. The summed E-state index contributed by atoms with van der Waals surface area (Å²) < 4.78 is 26.6. The highest BCUT2D eigenvalue weighted by atomic mass is 19.1. The predicted molar refractivity (Wildman–Crippen MR) is 83.5 cm³/mol. The molecule has 0 aromatic heterocycles. The number of hydrogen-bond donors (Lipinski definition) is 1. The number of aliphatic imine (C=N–C) groups is 1. The predicted octanol–water partition coefficient (Wildman–Crippen LogP) is 2.98. The van der Waals surface area contributed by atoms with E-state index in [1.807, 2.05) is 18.0 Å². The van der Waals surface area contributed by atoms with Crippen molar-refractivity contribution in [1.82, 2.24) is 10.2 Å². The topological polar surface area (TPSA) is 27.6 Å². The molecule has 5 heteroatoms. The molecule has 0 atom stereocenters. The van der Waals surface area contributed by atoms with Crippen LogP contribution in [0.2, 0.25) is 0 Å². The van der Waals surface area contributed by atoms with Gasteiger partial charge in [0.2, 0.25) is 0 Å². The maximum Gasteiger partial charge on any atom is 0.193 e. The number of benzene rings is 1. The highest BCUT2D eigenvalue weighted by molar-refractivity contribution is 5.79. The van der Waals surface area contributed by atoms with Gasteiger partial charge in [-0.3, -0.25) is 4.99 Å². The van der Waals surface area contributed by atoms with Crippen molar-refractivity contribution < 1.29 is 8.78 Å². The largest absolute Gasteiger partial charge is 0.356 e. The monoisotopic (exact) mass is 295 g/mol. The van der Waals surface area contributed by atoms with Crippen LogP contribution in [0.3, 0.4) is 0 Å². The second-order valence-corrected chi connectivity index (χ2v) is 4.81. The number of nitrogens with zero attached hydrogens (tertiary/aromatic N) is 2. The lowest BCUT2D eigenvalue weighted by Crippen LogP contribution is -2.40. The van der Waals surface area contributed by atoms with Gasteiger partial charge in [-0.1, -0.05) is 6.08 Å². The molecule has 0 spiro atoms. The smallest absolute Gasteiger partial charge is 0.193 e. The van der Waals surface area contributed by atoms with E-state index < -0.39 is 5.82 Å². The van der Waals surface area contributed by atoms with E-state index in [-0.39, 0.29) is 5.82 Å². The van der Waals surface area contributed by atoms with Crippen molar-refractivity contribution in [2.24, 2.45) is 4.99 Å². The summed E-state index contributed by atoms with van der Waals surface area (Å²) in [6, 6.07) is 3.51. The van der Waals surface area contributed by atoms with Gasteiger partial charge in [-0.15, -0.1) is 6.58 Å². The Kier molecular flexibility index (Phi) is 7.43. The summed E-state index contributed by atoms with van der Waals surface area (Å²) >= 11 is 0. The molecular formula is C16H23F2N3. The number of allylic oxidation sites excluding steroid dienone is 1. The van der Waals surface area contributed by atoms with Gasteiger partial charge in [-0.2, -0.15) is 0 Å². The van der Waals surface area contributed by atoms with Gasteiger partial charge in [0.05, 0.1) is 0 Å². The van der Waals surface area contributed by atoms with Crippen molar-refractivity contribution in [2.75, 3.05) is 27.2 Å². The maximum absolute atomic E-state index is 13.5. The molecule has 0 aliphatic carbocycles. The number of halogens is 2. The molecule has 0 unspecified atom stereocenters. The maximum atomic E-state index is 13.5.